The Morgan fingerprint density at radius 3 is 2.59 bits per heavy atom. The van der Waals surface area contributed by atoms with Crippen molar-refractivity contribution in [1.82, 2.24) is 0 Å². The van der Waals surface area contributed by atoms with E-state index in [1.165, 1.54) is 36.8 Å². The van der Waals surface area contributed by atoms with Gasteiger partial charge in [-0.25, -0.2) is 0 Å². The number of anilines is 1. The molecule has 0 radical (unpaired) electrons. The lowest BCUT2D eigenvalue weighted by Gasteiger charge is -2.20. The molecule has 1 aliphatic carbocycles. The standard InChI is InChI=1S/C26H29NO5/c1-16-12-17(6-9-21(16)18-4-2-3-5-18)15-32-20-8-10-23-22(14-20)24(28)11-7-19(13-25(29)30)26(31)27-23/h6,8-10,12,14,18-19H,2-5,7,11,13,15H2,1H3,(H,27,31)(H,29,30). The molecule has 6 heteroatoms. The summed E-state index contributed by atoms with van der Waals surface area (Å²) in [6.45, 7) is 2.55. The van der Waals surface area contributed by atoms with Crippen molar-refractivity contribution in [3.05, 3.63) is 58.7 Å². The summed E-state index contributed by atoms with van der Waals surface area (Å²) < 4.78 is 5.96. The van der Waals surface area contributed by atoms with Gasteiger partial charge in [0.25, 0.3) is 0 Å². The monoisotopic (exact) mass is 435 g/mol. The van der Waals surface area contributed by atoms with Crippen LogP contribution >= 0.6 is 0 Å². The van der Waals surface area contributed by atoms with Gasteiger partial charge in [-0.05, 0) is 67.0 Å². The molecular weight excluding hydrogens is 406 g/mol. The molecule has 2 N–H and O–H groups in total. The van der Waals surface area contributed by atoms with E-state index in [1.54, 1.807) is 18.2 Å². The van der Waals surface area contributed by atoms with Crippen LogP contribution in [-0.2, 0) is 16.2 Å². The minimum absolute atomic E-state index is 0.127. The van der Waals surface area contributed by atoms with Crippen LogP contribution in [0.5, 0.6) is 5.75 Å². The summed E-state index contributed by atoms with van der Waals surface area (Å²) in [4.78, 5) is 36.1. The van der Waals surface area contributed by atoms with E-state index in [2.05, 4.69) is 30.4 Å². The number of ether oxygens (including phenoxy) is 1. The van der Waals surface area contributed by atoms with Crippen molar-refractivity contribution in [3.8, 4) is 5.75 Å². The topological polar surface area (TPSA) is 92.7 Å². The molecule has 2 aromatic carbocycles. The Labute approximate surface area is 188 Å². The molecule has 2 aromatic rings. The molecule has 4 rings (SSSR count). The van der Waals surface area contributed by atoms with E-state index >= 15 is 0 Å². The number of carbonyl (C=O) groups excluding carboxylic acids is 2. The molecule has 0 saturated heterocycles. The first kappa shape index (κ1) is 22.1. The molecule has 32 heavy (non-hydrogen) atoms. The number of carboxylic acid groups (broad SMARTS) is 1. The van der Waals surface area contributed by atoms with Gasteiger partial charge in [-0.3, -0.25) is 14.4 Å². The lowest BCUT2D eigenvalue weighted by atomic mass is 9.92. The van der Waals surface area contributed by atoms with Crippen molar-refractivity contribution in [1.29, 1.82) is 0 Å². The van der Waals surface area contributed by atoms with Gasteiger partial charge in [0.05, 0.1) is 12.1 Å². The molecule has 1 heterocycles. The van der Waals surface area contributed by atoms with Gasteiger partial charge in [0.2, 0.25) is 5.91 Å². The number of aryl methyl sites for hydroxylation is 1. The molecule has 1 aliphatic heterocycles. The number of nitrogens with one attached hydrogen (secondary N) is 1. The smallest absolute Gasteiger partial charge is 0.304 e. The van der Waals surface area contributed by atoms with Crippen LogP contribution in [0, 0.1) is 12.8 Å². The number of carbonyl (C=O) groups is 3. The summed E-state index contributed by atoms with van der Waals surface area (Å²) in [6, 6.07) is 11.5. The van der Waals surface area contributed by atoms with Crippen molar-refractivity contribution < 1.29 is 24.2 Å². The van der Waals surface area contributed by atoms with E-state index in [-0.39, 0.29) is 31.0 Å². The molecule has 6 nitrogen and oxygen atoms in total. The van der Waals surface area contributed by atoms with Crippen LogP contribution < -0.4 is 10.1 Å². The molecular formula is C26H29NO5. The lowest BCUT2D eigenvalue weighted by molar-refractivity contribution is -0.140. The number of rotatable bonds is 6. The van der Waals surface area contributed by atoms with Gasteiger partial charge in [0.1, 0.15) is 12.4 Å². The number of hydrogen-bond acceptors (Lipinski definition) is 4. The number of aliphatic carboxylic acids is 1. The van der Waals surface area contributed by atoms with Crippen LogP contribution in [0.4, 0.5) is 5.69 Å². The van der Waals surface area contributed by atoms with Gasteiger partial charge >= 0.3 is 5.97 Å². The number of hydrogen-bond donors (Lipinski definition) is 2. The average Bonchev–Trinajstić information content (AvgIpc) is 3.29. The number of carboxylic acids is 1. The number of fused-ring (bicyclic) bond motifs is 1. The molecule has 1 amide bonds. The van der Waals surface area contributed by atoms with Crippen molar-refractivity contribution in [3.63, 3.8) is 0 Å². The second kappa shape index (κ2) is 9.55. The number of Topliss-reactive ketones (excluding diaryl/α,β-unsaturated/α-hetero) is 1. The first-order valence-electron chi connectivity index (χ1n) is 11.3. The highest BCUT2D eigenvalue weighted by atomic mass is 16.5. The van der Waals surface area contributed by atoms with Gasteiger partial charge in [-0.1, -0.05) is 31.0 Å². The predicted molar refractivity (Wildman–Crippen MR) is 121 cm³/mol. The van der Waals surface area contributed by atoms with Crippen molar-refractivity contribution in [2.75, 3.05) is 5.32 Å². The summed E-state index contributed by atoms with van der Waals surface area (Å²) in [6.07, 6.45) is 5.23. The molecule has 1 atom stereocenters. The maximum atomic E-state index is 12.7. The summed E-state index contributed by atoms with van der Waals surface area (Å²) in [5.74, 6) is -1.02. The Morgan fingerprint density at radius 2 is 1.88 bits per heavy atom. The summed E-state index contributed by atoms with van der Waals surface area (Å²) in [7, 11) is 0. The van der Waals surface area contributed by atoms with E-state index in [0.29, 0.717) is 29.5 Å². The third kappa shape index (κ3) is 5.01. The average molecular weight is 436 g/mol. The third-order valence-electron chi connectivity index (χ3n) is 6.60. The van der Waals surface area contributed by atoms with Crippen LogP contribution in [0.1, 0.15) is 77.9 Å². The van der Waals surface area contributed by atoms with Crippen LogP contribution in [0.25, 0.3) is 0 Å². The van der Waals surface area contributed by atoms with Gasteiger partial charge in [-0.2, -0.15) is 0 Å². The first-order chi connectivity index (χ1) is 15.4. The Kier molecular flexibility index (Phi) is 6.58. The zero-order valence-electron chi connectivity index (χ0n) is 18.4. The second-order valence-corrected chi connectivity index (χ2v) is 8.91. The van der Waals surface area contributed by atoms with Crippen molar-refractivity contribution >= 4 is 23.3 Å². The molecule has 1 fully saturated rings. The molecule has 0 bridgehead atoms. The van der Waals surface area contributed by atoms with Crippen LogP contribution in [0.2, 0.25) is 0 Å². The molecule has 2 aliphatic rings. The maximum Gasteiger partial charge on any atom is 0.304 e. The van der Waals surface area contributed by atoms with Crippen LogP contribution in [-0.4, -0.2) is 22.8 Å². The zero-order valence-corrected chi connectivity index (χ0v) is 18.4. The first-order valence-corrected chi connectivity index (χ1v) is 11.3. The normalized spacial score (nSPS) is 19.1. The Balaban J connectivity index is 1.45. The Bertz CT molecular complexity index is 1040. The molecule has 1 unspecified atom stereocenters. The minimum atomic E-state index is -1.05. The van der Waals surface area contributed by atoms with Crippen molar-refractivity contribution in [2.24, 2.45) is 5.92 Å². The highest BCUT2D eigenvalue weighted by molar-refractivity contribution is 6.07. The third-order valence-corrected chi connectivity index (χ3v) is 6.60. The Morgan fingerprint density at radius 1 is 1.09 bits per heavy atom. The van der Waals surface area contributed by atoms with Gasteiger partial charge in [-0.15, -0.1) is 0 Å². The summed E-state index contributed by atoms with van der Waals surface area (Å²) in [5.41, 5.74) is 4.61. The van der Waals surface area contributed by atoms with E-state index in [9.17, 15) is 14.4 Å². The van der Waals surface area contributed by atoms with Gasteiger partial charge in [0, 0.05) is 17.9 Å². The van der Waals surface area contributed by atoms with Crippen molar-refractivity contribution in [2.45, 2.75) is 64.4 Å². The quantitative estimate of drug-likeness (QED) is 0.647. The fraction of sp³-hybridized carbons (Fsp3) is 0.423. The number of amides is 1. The molecule has 1 saturated carbocycles. The highest BCUT2D eigenvalue weighted by Crippen LogP contribution is 2.36. The largest absolute Gasteiger partial charge is 0.489 e. The van der Waals surface area contributed by atoms with Crippen LogP contribution in [0.3, 0.4) is 0 Å². The molecule has 0 spiro atoms. The second-order valence-electron chi connectivity index (χ2n) is 8.91. The lowest BCUT2D eigenvalue weighted by Crippen LogP contribution is -2.28. The van der Waals surface area contributed by atoms with Gasteiger partial charge < -0.3 is 15.2 Å². The Hall–Kier alpha value is -3.15. The summed E-state index contributed by atoms with van der Waals surface area (Å²) >= 11 is 0. The fourth-order valence-electron chi connectivity index (χ4n) is 4.85. The van der Waals surface area contributed by atoms with E-state index in [0.717, 1.165) is 5.56 Å². The summed E-state index contributed by atoms with van der Waals surface area (Å²) in [5, 5.41) is 11.7. The molecule has 168 valence electrons. The van der Waals surface area contributed by atoms with E-state index < -0.39 is 11.9 Å². The number of benzene rings is 2. The SMILES string of the molecule is Cc1cc(COc2ccc3c(c2)C(=O)CCC(CC(=O)O)C(=O)N3)ccc1C1CCCC1. The zero-order chi connectivity index (χ0) is 22.7. The van der Waals surface area contributed by atoms with Gasteiger partial charge in [0.15, 0.2) is 5.78 Å². The maximum absolute atomic E-state index is 12.7. The highest BCUT2D eigenvalue weighted by Gasteiger charge is 2.27. The fourth-order valence-corrected chi connectivity index (χ4v) is 4.85. The van der Waals surface area contributed by atoms with Crippen LogP contribution in [0.15, 0.2) is 36.4 Å². The van der Waals surface area contributed by atoms with E-state index in [4.69, 9.17) is 9.84 Å². The predicted octanol–water partition coefficient (Wildman–Crippen LogP) is 5.24. The minimum Gasteiger partial charge on any atom is -0.489 e. The number of ketones is 1. The molecule has 0 aromatic heterocycles. The van der Waals surface area contributed by atoms with E-state index in [1.807, 2.05) is 0 Å².